The van der Waals surface area contributed by atoms with E-state index in [2.05, 4.69) is 4.90 Å². The van der Waals surface area contributed by atoms with Crippen LogP contribution in [0.25, 0.3) is 0 Å². The lowest BCUT2D eigenvalue weighted by molar-refractivity contribution is 0.341. The van der Waals surface area contributed by atoms with E-state index in [0.717, 1.165) is 12.3 Å². The summed E-state index contributed by atoms with van der Waals surface area (Å²) in [5, 5.41) is 0. The highest BCUT2D eigenvalue weighted by Gasteiger charge is 2.09. The lowest BCUT2D eigenvalue weighted by Gasteiger charge is -2.13. The van der Waals surface area contributed by atoms with Gasteiger partial charge in [0.2, 0.25) is 0 Å². The third-order valence-corrected chi connectivity index (χ3v) is 3.33. The zero-order valence-electron chi connectivity index (χ0n) is 7.80. The molecule has 2 N–H and O–H groups in total. The molecule has 0 spiro atoms. The normalized spacial score (nSPS) is 18.8. The highest BCUT2D eigenvalue weighted by molar-refractivity contribution is 7.99. The lowest BCUT2D eigenvalue weighted by Crippen LogP contribution is -2.20. The smallest absolute Gasteiger partial charge is 0.00558 e. The summed E-state index contributed by atoms with van der Waals surface area (Å²) in [5.74, 6) is 2.41. The van der Waals surface area contributed by atoms with E-state index in [4.69, 9.17) is 5.73 Å². The molecule has 1 saturated heterocycles. The Labute approximate surface area is 79.9 Å². The van der Waals surface area contributed by atoms with E-state index in [1.165, 1.54) is 44.6 Å². The lowest BCUT2D eigenvalue weighted by atomic mass is 10.4. The summed E-state index contributed by atoms with van der Waals surface area (Å²) in [5.41, 5.74) is 5.40. The molecule has 0 saturated carbocycles. The molecule has 0 aromatic heterocycles. The maximum atomic E-state index is 5.40. The highest BCUT2D eigenvalue weighted by atomic mass is 32.2. The third-order valence-electron chi connectivity index (χ3n) is 2.22. The molecule has 0 aromatic carbocycles. The standard InChI is InChI=1S/C9H20N2S/c10-4-9-12-8-3-7-11-5-1-2-6-11/h1-10H2. The molecule has 3 heteroatoms. The molecule has 1 fully saturated rings. The second-order valence-electron chi connectivity index (χ2n) is 3.30. The first-order chi connectivity index (χ1) is 5.93. The number of nitrogens with two attached hydrogens (primary N) is 1. The molecule has 0 atom stereocenters. The van der Waals surface area contributed by atoms with Gasteiger partial charge in [-0.05, 0) is 44.6 Å². The average Bonchev–Trinajstić information content (AvgIpc) is 2.57. The molecular formula is C9H20N2S. The molecule has 1 aliphatic heterocycles. The van der Waals surface area contributed by atoms with Gasteiger partial charge in [-0.1, -0.05) is 0 Å². The maximum Gasteiger partial charge on any atom is 0.00558 e. The van der Waals surface area contributed by atoms with Crippen LogP contribution in [0.2, 0.25) is 0 Å². The van der Waals surface area contributed by atoms with E-state index in [1.54, 1.807) is 0 Å². The molecule has 0 aromatic rings. The van der Waals surface area contributed by atoms with Crippen LogP contribution >= 0.6 is 11.8 Å². The highest BCUT2D eigenvalue weighted by Crippen LogP contribution is 2.09. The second kappa shape index (κ2) is 6.75. The van der Waals surface area contributed by atoms with Crippen molar-refractivity contribution in [3.63, 3.8) is 0 Å². The molecule has 0 aliphatic carbocycles. The summed E-state index contributed by atoms with van der Waals surface area (Å²) >= 11 is 1.98. The number of thioether (sulfide) groups is 1. The molecule has 0 amide bonds. The van der Waals surface area contributed by atoms with Crippen molar-refractivity contribution >= 4 is 11.8 Å². The van der Waals surface area contributed by atoms with Crippen LogP contribution in [0, 0.1) is 0 Å². The Hall–Kier alpha value is 0.270. The third kappa shape index (κ3) is 4.33. The SMILES string of the molecule is NCCSCCCN1CCCC1. The van der Waals surface area contributed by atoms with Crippen LogP contribution in [0.1, 0.15) is 19.3 Å². The summed E-state index contributed by atoms with van der Waals surface area (Å²) in [6.07, 6.45) is 4.16. The fourth-order valence-corrected chi connectivity index (χ4v) is 2.29. The van der Waals surface area contributed by atoms with Crippen molar-refractivity contribution in [2.45, 2.75) is 19.3 Å². The van der Waals surface area contributed by atoms with Gasteiger partial charge in [-0.3, -0.25) is 0 Å². The minimum atomic E-state index is 0.828. The van der Waals surface area contributed by atoms with Gasteiger partial charge in [0.05, 0.1) is 0 Å². The van der Waals surface area contributed by atoms with Crippen molar-refractivity contribution in [1.29, 1.82) is 0 Å². The molecule has 1 heterocycles. The first-order valence-electron chi connectivity index (χ1n) is 4.93. The van der Waals surface area contributed by atoms with Crippen LogP contribution in [0.15, 0.2) is 0 Å². The summed E-state index contributed by atoms with van der Waals surface area (Å²) in [6.45, 7) is 4.80. The maximum absolute atomic E-state index is 5.40. The van der Waals surface area contributed by atoms with Crippen LogP contribution in [0.4, 0.5) is 0 Å². The van der Waals surface area contributed by atoms with Gasteiger partial charge in [-0.2, -0.15) is 11.8 Å². The Morgan fingerprint density at radius 1 is 1.17 bits per heavy atom. The van der Waals surface area contributed by atoms with Crippen molar-refractivity contribution < 1.29 is 0 Å². The molecule has 0 bridgehead atoms. The van der Waals surface area contributed by atoms with E-state index in [1.807, 2.05) is 11.8 Å². The van der Waals surface area contributed by atoms with Crippen LogP contribution in [0.5, 0.6) is 0 Å². The van der Waals surface area contributed by atoms with E-state index in [0.29, 0.717) is 0 Å². The van der Waals surface area contributed by atoms with Crippen molar-refractivity contribution in [2.75, 3.05) is 37.7 Å². The van der Waals surface area contributed by atoms with E-state index < -0.39 is 0 Å². The van der Waals surface area contributed by atoms with Gasteiger partial charge >= 0.3 is 0 Å². The minimum absolute atomic E-state index is 0.828. The van der Waals surface area contributed by atoms with Gasteiger partial charge in [0.15, 0.2) is 0 Å². The van der Waals surface area contributed by atoms with Crippen molar-refractivity contribution in [1.82, 2.24) is 4.90 Å². The second-order valence-corrected chi connectivity index (χ2v) is 4.53. The van der Waals surface area contributed by atoms with E-state index in [9.17, 15) is 0 Å². The fourth-order valence-electron chi connectivity index (χ4n) is 1.58. The van der Waals surface area contributed by atoms with Gasteiger partial charge < -0.3 is 10.6 Å². The predicted molar refractivity (Wildman–Crippen MR) is 56.7 cm³/mol. The number of hydrogen-bond acceptors (Lipinski definition) is 3. The number of hydrogen-bond donors (Lipinski definition) is 1. The largest absolute Gasteiger partial charge is 0.330 e. The van der Waals surface area contributed by atoms with Crippen LogP contribution < -0.4 is 5.73 Å². The zero-order chi connectivity index (χ0) is 8.65. The van der Waals surface area contributed by atoms with Crippen molar-refractivity contribution in [3.8, 4) is 0 Å². The molecule has 12 heavy (non-hydrogen) atoms. The van der Waals surface area contributed by atoms with Gasteiger partial charge in [0.25, 0.3) is 0 Å². The average molecular weight is 188 g/mol. The number of likely N-dealkylation sites (tertiary alicyclic amines) is 1. The van der Waals surface area contributed by atoms with Crippen molar-refractivity contribution in [3.05, 3.63) is 0 Å². The minimum Gasteiger partial charge on any atom is -0.330 e. The Morgan fingerprint density at radius 2 is 1.92 bits per heavy atom. The molecule has 1 rings (SSSR count). The molecular weight excluding hydrogens is 168 g/mol. The molecule has 1 aliphatic rings. The first-order valence-corrected chi connectivity index (χ1v) is 6.09. The van der Waals surface area contributed by atoms with E-state index in [-0.39, 0.29) is 0 Å². The Morgan fingerprint density at radius 3 is 2.58 bits per heavy atom. The Balaban J connectivity index is 1.81. The van der Waals surface area contributed by atoms with Crippen molar-refractivity contribution in [2.24, 2.45) is 5.73 Å². The Kier molecular flexibility index (Phi) is 5.82. The number of rotatable bonds is 6. The summed E-state index contributed by atoms with van der Waals surface area (Å²) in [6, 6.07) is 0. The van der Waals surface area contributed by atoms with Crippen LogP contribution in [0.3, 0.4) is 0 Å². The van der Waals surface area contributed by atoms with Gasteiger partial charge in [0.1, 0.15) is 0 Å². The van der Waals surface area contributed by atoms with Gasteiger partial charge in [-0.15, -0.1) is 0 Å². The van der Waals surface area contributed by atoms with Gasteiger partial charge in [0, 0.05) is 12.3 Å². The van der Waals surface area contributed by atoms with Crippen LogP contribution in [-0.4, -0.2) is 42.6 Å². The van der Waals surface area contributed by atoms with E-state index >= 15 is 0 Å². The predicted octanol–water partition coefficient (Wildman–Crippen LogP) is 1.16. The summed E-state index contributed by atoms with van der Waals surface area (Å²) in [7, 11) is 0. The monoisotopic (exact) mass is 188 g/mol. The summed E-state index contributed by atoms with van der Waals surface area (Å²) < 4.78 is 0. The van der Waals surface area contributed by atoms with Crippen LogP contribution in [-0.2, 0) is 0 Å². The molecule has 0 unspecified atom stereocenters. The summed E-state index contributed by atoms with van der Waals surface area (Å²) in [4.78, 5) is 2.57. The molecule has 72 valence electrons. The fraction of sp³-hybridized carbons (Fsp3) is 1.00. The number of nitrogens with zero attached hydrogens (tertiary/aromatic N) is 1. The Bertz CT molecular complexity index is 103. The van der Waals surface area contributed by atoms with Gasteiger partial charge in [-0.25, -0.2) is 0 Å². The zero-order valence-corrected chi connectivity index (χ0v) is 8.61. The molecule has 2 nitrogen and oxygen atoms in total. The molecule has 0 radical (unpaired) electrons. The quantitative estimate of drug-likeness (QED) is 0.634. The first kappa shape index (κ1) is 10.4. The topological polar surface area (TPSA) is 29.3 Å².